The van der Waals surface area contributed by atoms with Gasteiger partial charge in [-0.05, 0) is 31.4 Å². The number of carbonyl (C=O) groups excluding carboxylic acids is 1. The summed E-state index contributed by atoms with van der Waals surface area (Å²) >= 11 is 0. The molecule has 2 aromatic carbocycles. The highest BCUT2D eigenvalue weighted by molar-refractivity contribution is 5.76. The summed E-state index contributed by atoms with van der Waals surface area (Å²) < 4.78 is 11.3. The molecule has 1 unspecified atom stereocenters. The van der Waals surface area contributed by atoms with Crippen LogP contribution in [0.1, 0.15) is 30.9 Å². The predicted octanol–water partition coefficient (Wildman–Crippen LogP) is 3.42. The molecule has 150 valence electrons. The van der Waals surface area contributed by atoms with E-state index in [1.54, 1.807) is 7.11 Å². The zero-order valence-corrected chi connectivity index (χ0v) is 16.8. The van der Waals surface area contributed by atoms with Crippen LogP contribution in [-0.2, 0) is 17.8 Å². The molecule has 1 atom stereocenters. The van der Waals surface area contributed by atoms with E-state index in [2.05, 4.69) is 29.3 Å². The van der Waals surface area contributed by atoms with Gasteiger partial charge in [0.15, 0.2) is 0 Å². The number of aryl methyl sites for hydroxylation is 1. The highest BCUT2D eigenvalue weighted by Gasteiger charge is 2.21. The molecular formula is C23H30N2O3. The third-order valence-electron chi connectivity index (χ3n) is 4.97. The van der Waals surface area contributed by atoms with E-state index in [4.69, 9.17) is 9.47 Å². The van der Waals surface area contributed by atoms with Crippen LogP contribution in [0.4, 0.5) is 0 Å². The Bertz CT molecular complexity index is 764. The molecule has 0 fully saturated rings. The van der Waals surface area contributed by atoms with E-state index in [1.165, 1.54) is 5.56 Å². The molecule has 28 heavy (non-hydrogen) atoms. The van der Waals surface area contributed by atoms with Crippen molar-refractivity contribution in [2.75, 3.05) is 26.7 Å². The maximum absolute atomic E-state index is 12.2. The molecule has 5 nitrogen and oxygen atoms in total. The van der Waals surface area contributed by atoms with E-state index >= 15 is 0 Å². The lowest BCUT2D eigenvalue weighted by Gasteiger charge is -2.21. The predicted molar refractivity (Wildman–Crippen MR) is 111 cm³/mol. The Morgan fingerprint density at radius 1 is 1.25 bits per heavy atom. The second kappa shape index (κ2) is 10.1. The van der Waals surface area contributed by atoms with Crippen LogP contribution in [0.15, 0.2) is 48.5 Å². The van der Waals surface area contributed by atoms with Crippen molar-refractivity contribution in [1.29, 1.82) is 0 Å². The van der Waals surface area contributed by atoms with Crippen LogP contribution in [0.5, 0.6) is 11.5 Å². The van der Waals surface area contributed by atoms with Crippen LogP contribution in [0.25, 0.3) is 0 Å². The third-order valence-corrected chi connectivity index (χ3v) is 4.97. The number of fused-ring (bicyclic) bond motifs is 1. The fourth-order valence-corrected chi connectivity index (χ4v) is 3.51. The van der Waals surface area contributed by atoms with Crippen molar-refractivity contribution in [2.45, 2.75) is 38.8 Å². The summed E-state index contributed by atoms with van der Waals surface area (Å²) in [6.07, 6.45) is 2.52. The Morgan fingerprint density at radius 3 is 2.86 bits per heavy atom. The van der Waals surface area contributed by atoms with Gasteiger partial charge in [0.25, 0.3) is 0 Å². The van der Waals surface area contributed by atoms with Gasteiger partial charge in [-0.3, -0.25) is 9.69 Å². The van der Waals surface area contributed by atoms with Crippen molar-refractivity contribution < 1.29 is 14.3 Å². The smallest absolute Gasteiger partial charge is 0.221 e. The van der Waals surface area contributed by atoms with E-state index in [0.717, 1.165) is 56.1 Å². The molecule has 1 amide bonds. The summed E-state index contributed by atoms with van der Waals surface area (Å²) in [4.78, 5) is 14.5. The molecule has 1 N–H and O–H groups in total. The fourth-order valence-electron chi connectivity index (χ4n) is 3.51. The zero-order valence-electron chi connectivity index (χ0n) is 16.8. The third kappa shape index (κ3) is 5.99. The van der Waals surface area contributed by atoms with E-state index < -0.39 is 0 Å². The van der Waals surface area contributed by atoms with Gasteiger partial charge in [0.05, 0.1) is 7.11 Å². The van der Waals surface area contributed by atoms with Crippen molar-refractivity contribution in [1.82, 2.24) is 10.2 Å². The number of benzene rings is 2. The van der Waals surface area contributed by atoms with Crippen LogP contribution in [0.2, 0.25) is 0 Å². The topological polar surface area (TPSA) is 50.8 Å². The maximum atomic E-state index is 12.2. The van der Waals surface area contributed by atoms with Gasteiger partial charge in [-0.15, -0.1) is 0 Å². The number of methoxy groups -OCH3 is 1. The summed E-state index contributed by atoms with van der Waals surface area (Å²) in [5.41, 5.74) is 2.44. The normalized spacial score (nSPS) is 16.6. The Morgan fingerprint density at radius 2 is 2.07 bits per heavy atom. The summed E-state index contributed by atoms with van der Waals surface area (Å²) in [7, 11) is 1.66. The number of nitrogens with zero attached hydrogens (tertiary/aromatic N) is 1. The van der Waals surface area contributed by atoms with E-state index in [-0.39, 0.29) is 12.0 Å². The van der Waals surface area contributed by atoms with Crippen molar-refractivity contribution in [3.05, 3.63) is 59.7 Å². The van der Waals surface area contributed by atoms with Crippen LogP contribution < -0.4 is 14.8 Å². The van der Waals surface area contributed by atoms with E-state index in [0.29, 0.717) is 6.42 Å². The molecule has 2 aromatic rings. The highest BCUT2D eigenvalue weighted by Crippen LogP contribution is 2.29. The average Bonchev–Trinajstić information content (AvgIpc) is 2.87. The van der Waals surface area contributed by atoms with Gasteiger partial charge in [0.2, 0.25) is 5.91 Å². The van der Waals surface area contributed by atoms with Crippen LogP contribution in [0.3, 0.4) is 0 Å². The first-order valence-electron chi connectivity index (χ1n) is 10.0. The minimum absolute atomic E-state index is 0.0716. The highest BCUT2D eigenvalue weighted by atomic mass is 16.5. The molecule has 0 aromatic heterocycles. The van der Waals surface area contributed by atoms with Gasteiger partial charge in [-0.2, -0.15) is 0 Å². The molecule has 0 radical (unpaired) electrons. The number of hydrogen-bond acceptors (Lipinski definition) is 4. The largest absolute Gasteiger partial charge is 0.497 e. The Labute approximate surface area is 167 Å². The van der Waals surface area contributed by atoms with Crippen molar-refractivity contribution in [3.8, 4) is 11.5 Å². The number of ether oxygens (including phenoxy) is 2. The second-order valence-corrected chi connectivity index (χ2v) is 7.33. The zero-order chi connectivity index (χ0) is 19.8. The van der Waals surface area contributed by atoms with Crippen LogP contribution >= 0.6 is 0 Å². The lowest BCUT2D eigenvalue weighted by Crippen LogP contribution is -2.35. The number of nitrogens with one attached hydrogen (secondary N) is 1. The summed E-state index contributed by atoms with van der Waals surface area (Å²) in [5.74, 6) is 1.79. The number of carbonyl (C=O) groups is 1. The van der Waals surface area contributed by atoms with Crippen LogP contribution in [0, 0.1) is 0 Å². The quantitative estimate of drug-likeness (QED) is 0.711. The van der Waals surface area contributed by atoms with Crippen molar-refractivity contribution in [2.24, 2.45) is 0 Å². The van der Waals surface area contributed by atoms with Gasteiger partial charge in [0, 0.05) is 44.2 Å². The van der Waals surface area contributed by atoms with Gasteiger partial charge in [-0.25, -0.2) is 0 Å². The summed E-state index contributed by atoms with van der Waals surface area (Å²) in [6, 6.07) is 16.3. The van der Waals surface area contributed by atoms with Crippen molar-refractivity contribution in [3.63, 3.8) is 0 Å². The lowest BCUT2D eigenvalue weighted by molar-refractivity contribution is -0.121. The van der Waals surface area contributed by atoms with Gasteiger partial charge < -0.3 is 14.8 Å². The first-order valence-corrected chi connectivity index (χ1v) is 10.0. The molecule has 1 aliphatic rings. The van der Waals surface area contributed by atoms with Gasteiger partial charge in [0.1, 0.15) is 17.6 Å². The lowest BCUT2D eigenvalue weighted by atomic mass is 10.1. The number of amides is 1. The monoisotopic (exact) mass is 382 g/mol. The molecule has 0 saturated heterocycles. The molecule has 0 bridgehead atoms. The molecule has 0 aliphatic carbocycles. The molecular weight excluding hydrogens is 352 g/mol. The standard InChI is InChI=1S/C23H30N2O3/c1-18-16-25(17-20-10-11-21(27-2)15-22(20)28-18)14-12-23(26)24-13-6-9-19-7-4-3-5-8-19/h3-5,7-8,10-11,15,18H,6,9,12-14,16-17H2,1-2H3,(H,24,26). The summed E-state index contributed by atoms with van der Waals surface area (Å²) in [5, 5.41) is 3.04. The Hall–Kier alpha value is -2.53. The summed E-state index contributed by atoms with van der Waals surface area (Å²) in [6.45, 7) is 5.09. The maximum Gasteiger partial charge on any atom is 0.221 e. The van der Waals surface area contributed by atoms with Crippen molar-refractivity contribution >= 4 is 5.91 Å². The van der Waals surface area contributed by atoms with Gasteiger partial charge >= 0.3 is 0 Å². The Kier molecular flexibility index (Phi) is 7.31. The number of hydrogen-bond donors (Lipinski definition) is 1. The molecule has 0 spiro atoms. The Balaban J connectivity index is 1.42. The fraction of sp³-hybridized carbons (Fsp3) is 0.435. The van der Waals surface area contributed by atoms with E-state index in [9.17, 15) is 4.79 Å². The average molecular weight is 383 g/mol. The molecule has 1 aliphatic heterocycles. The second-order valence-electron chi connectivity index (χ2n) is 7.33. The first-order chi connectivity index (χ1) is 13.6. The number of rotatable bonds is 8. The van der Waals surface area contributed by atoms with Crippen LogP contribution in [-0.4, -0.2) is 43.7 Å². The molecule has 3 rings (SSSR count). The molecule has 1 heterocycles. The first kappa shape index (κ1) is 20.2. The van der Waals surface area contributed by atoms with Gasteiger partial charge in [-0.1, -0.05) is 36.4 Å². The molecule has 5 heteroatoms. The minimum Gasteiger partial charge on any atom is -0.497 e. The van der Waals surface area contributed by atoms with E-state index in [1.807, 2.05) is 36.4 Å². The minimum atomic E-state index is 0.0716. The molecule has 0 saturated carbocycles. The SMILES string of the molecule is COc1ccc2c(c1)OC(C)CN(CCC(=O)NCCCc1ccccc1)C2.